The first-order valence-corrected chi connectivity index (χ1v) is 12.2. The van der Waals surface area contributed by atoms with E-state index in [1.165, 1.54) is 18.7 Å². The number of nitrogens with zero attached hydrogens (tertiary/aromatic N) is 5. The number of piperidine rings is 1. The molecule has 0 radical (unpaired) electrons. The minimum Gasteiger partial charge on any atom is -0.374 e. The monoisotopic (exact) mass is 459 g/mol. The molecule has 0 spiro atoms. The molecule has 3 aliphatic heterocycles. The van der Waals surface area contributed by atoms with Crippen LogP contribution in [0.5, 0.6) is 0 Å². The topological polar surface area (TPSA) is 86.5 Å². The Labute approximate surface area is 195 Å². The standard InChI is InChI=1S/C23H34ClN7O/c1-16-11-29(12-16)13-21-14-31(20(15-32-21)10-17-2-4-18(24)5-3-17)19-6-8-30(9-7-19)23-26-22(25)27-28-23/h2-5,16,19-21H,6-15H2,1H3,(H3,25,26,27,28)/t20-,21?/m0/s1. The molecule has 3 fully saturated rings. The van der Waals surface area contributed by atoms with Gasteiger partial charge in [0.15, 0.2) is 0 Å². The Morgan fingerprint density at radius 2 is 1.88 bits per heavy atom. The molecular weight excluding hydrogens is 426 g/mol. The number of anilines is 2. The number of ether oxygens (including phenoxy) is 1. The fraction of sp³-hybridized carbons (Fsp3) is 0.652. The second-order valence-corrected chi connectivity index (χ2v) is 10.1. The lowest BCUT2D eigenvalue weighted by Gasteiger charge is -2.48. The third kappa shape index (κ3) is 5.03. The van der Waals surface area contributed by atoms with E-state index in [-0.39, 0.29) is 6.10 Å². The van der Waals surface area contributed by atoms with Crippen LogP contribution in [0.2, 0.25) is 5.02 Å². The number of aromatic nitrogens is 3. The van der Waals surface area contributed by atoms with Crippen molar-refractivity contribution in [3.8, 4) is 0 Å². The summed E-state index contributed by atoms with van der Waals surface area (Å²) in [5.74, 6) is 1.98. The van der Waals surface area contributed by atoms with Gasteiger partial charge in [-0.05, 0) is 42.9 Å². The van der Waals surface area contributed by atoms with Crippen molar-refractivity contribution < 1.29 is 4.74 Å². The molecule has 0 bridgehead atoms. The smallest absolute Gasteiger partial charge is 0.226 e. The van der Waals surface area contributed by atoms with Gasteiger partial charge in [0.25, 0.3) is 0 Å². The molecule has 3 aliphatic rings. The Morgan fingerprint density at radius 3 is 2.53 bits per heavy atom. The molecule has 0 aliphatic carbocycles. The van der Waals surface area contributed by atoms with Gasteiger partial charge in [0, 0.05) is 56.4 Å². The summed E-state index contributed by atoms with van der Waals surface area (Å²) < 4.78 is 6.39. The van der Waals surface area contributed by atoms with Crippen LogP contribution in [0.1, 0.15) is 25.3 Å². The van der Waals surface area contributed by atoms with Crippen molar-refractivity contribution >= 4 is 23.5 Å². The molecule has 4 heterocycles. The first kappa shape index (κ1) is 21.9. The zero-order chi connectivity index (χ0) is 22.1. The highest BCUT2D eigenvalue weighted by atomic mass is 35.5. The second-order valence-electron chi connectivity index (χ2n) is 9.71. The third-order valence-electron chi connectivity index (χ3n) is 7.12. The van der Waals surface area contributed by atoms with Crippen molar-refractivity contribution in [2.45, 2.75) is 44.4 Å². The van der Waals surface area contributed by atoms with Crippen LogP contribution in [-0.4, -0.2) is 89.0 Å². The summed E-state index contributed by atoms with van der Waals surface area (Å²) in [5, 5.41) is 8.87. The van der Waals surface area contributed by atoms with Crippen molar-refractivity contribution in [3.63, 3.8) is 0 Å². The van der Waals surface area contributed by atoms with E-state index in [2.05, 4.69) is 48.9 Å². The van der Waals surface area contributed by atoms with E-state index in [9.17, 15) is 0 Å². The average Bonchev–Trinajstić information content (AvgIpc) is 3.22. The lowest BCUT2D eigenvalue weighted by atomic mass is 9.95. The molecule has 5 rings (SSSR count). The Hall–Kier alpha value is -1.87. The molecule has 174 valence electrons. The zero-order valence-electron chi connectivity index (χ0n) is 18.8. The van der Waals surface area contributed by atoms with Crippen LogP contribution in [0, 0.1) is 5.92 Å². The number of likely N-dealkylation sites (tertiary alicyclic amines) is 1. The third-order valence-corrected chi connectivity index (χ3v) is 7.37. The Kier molecular flexibility index (Phi) is 6.55. The van der Waals surface area contributed by atoms with Crippen molar-refractivity contribution in [3.05, 3.63) is 34.9 Å². The van der Waals surface area contributed by atoms with E-state index >= 15 is 0 Å². The van der Waals surface area contributed by atoms with Crippen LogP contribution in [-0.2, 0) is 11.2 Å². The molecule has 2 atom stereocenters. The lowest BCUT2D eigenvalue weighted by Crippen LogP contribution is -2.60. The maximum Gasteiger partial charge on any atom is 0.226 e. The van der Waals surface area contributed by atoms with E-state index in [4.69, 9.17) is 22.1 Å². The number of rotatable bonds is 6. The fourth-order valence-corrected chi connectivity index (χ4v) is 5.61. The first-order valence-electron chi connectivity index (χ1n) is 11.8. The Morgan fingerprint density at radius 1 is 1.12 bits per heavy atom. The quantitative estimate of drug-likeness (QED) is 0.685. The molecule has 32 heavy (non-hydrogen) atoms. The van der Waals surface area contributed by atoms with Gasteiger partial charge in [0.05, 0.1) is 12.7 Å². The largest absolute Gasteiger partial charge is 0.374 e. The average molecular weight is 460 g/mol. The van der Waals surface area contributed by atoms with E-state index in [1.807, 2.05) is 12.1 Å². The van der Waals surface area contributed by atoms with Crippen LogP contribution in [0.3, 0.4) is 0 Å². The summed E-state index contributed by atoms with van der Waals surface area (Å²) in [5.41, 5.74) is 7.04. The van der Waals surface area contributed by atoms with E-state index in [0.29, 0.717) is 18.0 Å². The summed E-state index contributed by atoms with van der Waals surface area (Å²) >= 11 is 6.10. The van der Waals surface area contributed by atoms with E-state index in [1.54, 1.807) is 0 Å². The van der Waals surface area contributed by atoms with Gasteiger partial charge < -0.3 is 20.3 Å². The molecule has 8 nitrogen and oxygen atoms in total. The number of aromatic amines is 1. The van der Waals surface area contributed by atoms with E-state index in [0.717, 1.165) is 68.9 Å². The number of nitrogens with two attached hydrogens (primary N) is 1. The molecule has 0 saturated carbocycles. The number of benzene rings is 1. The summed E-state index contributed by atoms with van der Waals surface area (Å²) in [7, 11) is 0. The number of halogens is 1. The predicted molar refractivity (Wildman–Crippen MR) is 127 cm³/mol. The highest BCUT2D eigenvalue weighted by Crippen LogP contribution is 2.27. The number of hydrogen-bond acceptors (Lipinski definition) is 7. The fourth-order valence-electron chi connectivity index (χ4n) is 5.49. The number of hydrogen-bond donors (Lipinski definition) is 2. The molecule has 9 heteroatoms. The van der Waals surface area contributed by atoms with Gasteiger partial charge in [-0.2, -0.15) is 0 Å². The number of nitrogens with one attached hydrogen (secondary N) is 1. The minimum absolute atomic E-state index is 0.288. The molecule has 1 aromatic heterocycles. The SMILES string of the molecule is CC1CN(CC2CN(C3CCN(c4nnc(N)[nH]4)CC3)[C@@H](Cc3ccc(Cl)cc3)CO2)C1. The second kappa shape index (κ2) is 9.55. The molecule has 1 aromatic carbocycles. The first-order chi connectivity index (χ1) is 15.5. The Bertz CT molecular complexity index is 877. The van der Waals surface area contributed by atoms with Gasteiger partial charge in [0.1, 0.15) is 0 Å². The minimum atomic E-state index is 0.288. The highest BCUT2D eigenvalue weighted by Gasteiger charge is 2.37. The maximum atomic E-state index is 6.39. The van der Waals surface area contributed by atoms with Gasteiger partial charge in [-0.3, -0.25) is 9.88 Å². The van der Waals surface area contributed by atoms with Crippen LogP contribution in [0.15, 0.2) is 24.3 Å². The number of morpholine rings is 1. The van der Waals surface area contributed by atoms with Crippen LogP contribution in [0.25, 0.3) is 0 Å². The van der Waals surface area contributed by atoms with Crippen LogP contribution < -0.4 is 10.6 Å². The van der Waals surface area contributed by atoms with Crippen molar-refractivity contribution in [1.82, 2.24) is 25.0 Å². The van der Waals surface area contributed by atoms with Gasteiger partial charge in [-0.25, -0.2) is 0 Å². The van der Waals surface area contributed by atoms with Gasteiger partial charge in [-0.1, -0.05) is 30.7 Å². The van der Waals surface area contributed by atoms with Gasteiger partial charge >= 0.3 is 0 Å². The molecule has 1 unspecified atom stereocenters. The van der Waals surface area contributed by atoms with Crippen LogP contribution in [0.4, 0.5) is 11.9 Å². The van der Waals surface area contributed by atoms with E-state index < -0.39 is 0 Å². The molecule has 3 N–H and O–H groups in total. The molecule has 2 aromatic rings. The summed E-state index contributed by atoms with van der Waals surface area (Å²) in [4.78, 5) is 10.6. The molecular formula is C23H34ClN7O. The molecule has 0 amide bonds. The summed E-state index contributed by atoms with van der Waals surface area (Å²) in [6, 6.07) is 9.20. The van der Waals surface area contributed by atoms with Crippen molar-refractivity contribution in [2.75, 3.05) is 56.5 Å². The highest BCUT2D eigenvalue weighted by molar-refractivity contribution is 6.30. The normalized spacial score (nSPS) is 26.4. The van der Waals surface area contributed by atoms with Gasteiger partial charge in [-0.15, -0.1) is 10.2 Å². The zero-order valence-corrected chi connectivity index (χ0v) is 19.5. The van der Waals surface area contributed by atoms with Crippen molar-refractivity contribution in [2.24, 2.45) is 5.92 Å². The Balaban J connectivity index is 1.24. The van der Waals surface area contributed by atoms with Gasteiger partial charge in [0.2, 0.25) is 11.9 Å². The number of H-pyrrole nitrogens is 1. The summed E-state index contributed by atoms with van der Waals surface area (Å²) in [6.45, 7) is 9.47. The molecule has 3 saturated heterocycles. The number of nitrogen functional groups attached to an aromatic ring is 1. The lowest BCUT2D eigenvalue weighted by molar-refractivity contribution is -0.0991. The predicted octanol–water partition coefficient (Wildman–Crippen LogP) is 2.27. The van der Waals surface area contributed by atoms with Crippen LogP contribution >= 0.6 is 11.6 Å². The summed E-state index contributed by atoms with van der Waals surface area (Å²) in [6.07, 6.45) is 3.48. The maximum absolute atomic E-state index is 6.39. The van der Waals surface area contributed by atoms with Crippen molar-refractivity contribution in [1.29, 1.82) is 0 Å².